The lowest BCUT2D eigenvalue weighted by atomic mass is 10.0. The molecule has 0 aromatic carbocycles. The first-order chi connectivity index (χ1) is 12.7. The number of hydrogen-bond acceptors (Lipinski definition) is 4. The van der Waals surface area contributed by atoms with E-state index in [2.05, 4.69) is 6.92 Å². The van der Waals surface area contributed by atoms with Crippen LogP contribution in [0.3, 0.4) is 0 Å². The molecule has 0 spiro atoms. The Kier molecular flexibility index (Phi) is 14.1. The van der Waals surface area contributed by atoms with Crippen molar-refractivity contribution in [2.45, 2.75) is 109 Å². The van der Waals surface area contributed by atoms with E-state index in [9.17, 15) is 4.79 Å². The van der Waals surface area contributed by atoms with Gasteiger partial charge in [0.15, 0.2) is 0 Å². The Labute approximate surface area is 161 Å². The summed E-state index contributed by atoms with van der Waals surface area (Å²) in [4.78, 5) is 10.2. The van der Waals surface area contributed by atoms with Gasteiger partial charge in [0.25, 0.3) is 0 Å². The van der Waals surface area contributed by atoms with Crippen molar-refractivity contribution in [3.05, 3.63) is 0 Å². The van der Waals surface area contributed by atoms with Gasteiger partial charge in [0.2, 0.25) is 0 Å². The molecule has 0 N–H and O–H groups in total. The Morgan fingerprint density at radius 2 is 1.62 bits per heavy atom. The average molecular weight is 371 g/mol. The van der Waals surface area contributed by atoms with Gasteiger partial charge in [0.05, 0.1) is 24.9 Å². The van der Waals surface area contributed by atoms with E-state index in [1.807, 2.05) is 6.92 Å². The highest BCUT2D eigenvalue weighted by atomic mass is 16.6. The van der Waals surface area contributed by atoms with Crippen molar-refractivity contribution in [3.8, 4) is 0 Å². The van der Waals surface area contributed by atoms with Crippen LogP contribution >= 0.6 is 0 Å². The predicted molar refractivity (Wildman–Crippen MR) is 107 cm³/mol. The second kappa shape index (κ2) is 15.6. The number of epoxide rings is 1. The molecular weight excluding hydrogens is 328 g/mol. The minimum atomic E-state index is 0.168. The number of hydrogen-bond donors (Lipinski definition) is 0. The first-order valence-electron chi connectivity index (χ1n) is 10.9. The van der Waals surface area contributed by atoms with Crippen LogP contribution in [0, 0.1) is 5.92 Å². The average Bonchev–Trinajstić information content (AvgIpc) is 3.40. The summed E-state index contributed by atoms with van der Waals surface area (Å²) < 4.78 is 15.9. The molecule has 0 aromatic rings. The number of methoxy groups -OCH3 is 1. The Bertz CT molecular complexity index is 326. The normalized spacial score (nSPS) is 27.5. The van der Waals surface area contributed by atoms with Crippen molar-refractivity contribution >= 4 is 6.29 Å². The van der Waals surface area contributed by atoms with Gasteiger partial charge in [-0.3, -0.25) is 0 Å². The second-order valence-electron chi connectivity index (χ2n) is 7.88. The van der Waals surface area contributed by atoms with Crippen LogP contribution in [0.5, 0.6) is 0 Å². The zero-order valence-corrected chi connectivity index (χ0v) is 17.4. The molecule has 2 saturated heterocycles. The number of carbonyl (C=O) groups excluding carboxylic acids is 1. The highest BCUT2D eigenvalue weighted by Gasteiger charge is 2.36. The first kappa shape index (κ1) is 23.6. The maximum Gasteiger partial charge on any atom is 0.125 e. The summed E-state index contributed by atoms with van der Waals surface area (Å²) in [5.41, 5.74) is 0. The monoisotopic (exact) mass is 370 g/mol. The lowest BCUT2D eigenvalue weighted by Crippen LogP contribution is -2.24. The predicted octanol–water partition coefficient (Wildman–Crippen LogP) is 5.32. The summed E-state index contributed by atoms with van der Waals surface area (Å²) in [6, 6.07) is 0. The van der Waals surface area contributed by atoms with Gasteiger partial charge in [-0.1, -0.05) is 51.9 Å². The zero-order valence-electron chi connectivity index (χ0n) is 17.4. The van der Waals surface area contributed by atoms with Crippen molar-refractivity contribution in [1.82, 2.24) is 0 Å². The van der Waals surface area contributed by atoms with Crippen LogP contribution in [-0.4, -0.2) is 44.9 Å². The highest BCUT2D eigenvalue weighted by Crippen LogP contribution is 2.30. The van der Waals surface area contributed by atoms with E-state index in [-0.39, 0.29) is 5.92 Å². The van der Waals surface area contributed by atoms with Gasteiger partial charge >= 0.3 is 0 Å². The lowest BCUT2D eigenvalue weighted by Gasteiger charge is -2.22. The van der Waals surface area contributed by atoms with E-state index in [1.165, 1.54) is 64.2 Å². The fourth-order valence-corrected chi connectivity index (χ4v) is 3.46. The van der Waals surface area contributed by atoms with Crippen molar-refractivity contribution in [2.75, 3.05) is 20.3 Å². The summed E-state index contributed by atoms with van der Waals surface area (Å²) in [6.07, 6.45) is 18.0. The quantitative estimate of drug-likeness (QED) is 0.250. The van der Waals surface area contributed by atoms with Crippen LogP contribution in [0.1, 0.15) is 90.9 Å². The molecule has 2 aliphatic rings. The number of rotatable bonds is 13. The Morgan fingerprint density at radius 3 is 2.19 bits per heavy atom. The van der Waals surface area contributed by atoms with Gasteiger partial charge in [-0.25, -0.2) is 0 Å². The molecule has 2 rings (SSSR count). The molecule has 4 heteroatoms. The summed E-state index contributed by atoms with van der Waals surface area (Å²) in [6.45, 7) is 5.84. The highest BCUT2D eigenvalue weighted by molar-refractivity contribution is 5.53. The summed E-state index contributed by atoms with van der Waals surface area (Å²) in [5.74, 6) is 0.168. The molecule has 26 heavy (non-hydrogen) atoms. The zero-order chi connectivity index (χ0) is 19.0. The maximum atomic E-state index is 10.2. The molecule has 0 aromatic heterocycles. The number of carbonyl (C=O) groups is 1. The van der Waals surface area contributed by atoms with Gasteiger partial charge in [-0.2, -0.15) is 0 Å². The van der Waals surface area contributed by atoms with Gasteiger partial charge in [0.1, 0.15) is 6.29 Å². The molecule has 0 saturated carbocycles. The van der Waals surface area contributed by atoms with Crippen LogP contribution in [0.4, 0.5) is 0 Å². The number of unbranched alkanes of at least 4 members (excludes halogenated alkanes) is 6. The minimum absolute atomic E-state index is 0.168. The summed E-state index contributed by atoms with van der Waals surface area (Å²) >= 11 is 0. The minimum Gasteiger partial charge on any atom is -0.385 e. The van der Waals surface area contributed by atoms with E-state index in [0.29, 0.717) is 24.9 Å². The fraction of sp³-hybridized carbons (Fsp3) is 0.955. The van der Waals surface area contributed by atoms with Crippen molar-refractivity contribution < 1.29 is 19.0 Å². The smallest absolute Gasteiger partial charge is 0.125 e. The summed E-state index contributed by atoms with van der Waals surface area (Å²) in [7, 11) is 1.78. The largest absolute Gasteiger partial charge is 0.385 e. The third-order valence-corrected chi connectivity index (χ3v) is 5.33. The van der Waals surface area contributed by atoms with E-state index >= 15 is 0 Å². The fourth-order valence-electron chi connectivity index (χ4n) is 3.46. The molecule has 0 aliphatic carbocycles. The molecule has 0 amide bonds. The summed E-state index contributed by atoms with van der Waals surface area (Å²) in [5, 5.41) is 0. The Hall–Kier alpha value is -0.450. The van der Waals surface area contributed by atoms with Crippen molar-refractivity contribution in [3.63, 3.8) is 0 Å². The third-order valence-electron chi connectivity index (χ3n) is 5.33. The van der Waals surface area contributed by atoms with Gasteiger partial charge < -0.3 is 19.0 Å². The molecule has 4 nitrogen and oxygen atoms in total. The topological polar surface area (TPSA) is 48.1 Å². The Morgan fingerprint density at radius 1 is 0.962 bits per heavy atom. The van der Waals surface area contributed by atoms with Crippen molar-refractivity contribution in [1.29, 1.82) is 0 Å². The molecule has 4 atom stereocenters. The molecule has 4 unspecified atom stereocenters. The van der Waals surface area contributed by atoms with Crippen LogP contribution in [0.2, 0.25) is 0 Å². The van der Waals surface area contributed by atoms with Crippen LogP contribution in [-0.2, 0) is 19.0 Å². The van der Waals surface area contributed by atoms with Crippen LogP contribution < -0.4 is 0 Å². The van der Waals surface area contributed by atoms with E-state index in [1.54, 1.807) is 7.11 Å². The van der Waals surface area contributed by atoms with E-state index in [4.69, 9.17) is 14.2 Å². The molecular formula is C22H42O4. The third kappa shape index (κ3) is 12.0. The van der Waals surface area contributed by atoms with Gasteiger partial charge in [0, 0.05) is 19.6 Å². The molecule has 0 bridgehead atoms. The van der Waals surface area contributed by atoms with Crippen LogP contribution in [0.15, 0.2) is 0 Å². The number of aldehydes is 1. The molecule has 2 aliphatic heterocycles. The van der Waals surface area contributed by atoms with Gasteiger partial charge in [-0.15, -0.1) is 0 Å². The molecule has 2 heterocycles. The van der Waals surface area contributed by atoms with Crippen molar-refractivity contribution in [2.24, 2.45) is 5.92 Å². The van der Waals surface area contributed by atoms with E-state index in [0.717, 1.165) is 25.7 Å². The second-order valence-corrected chi connectivity index (χ2v) is 7.88. The standard InChI is InChI=1S/C15H30O2.C7H12O2/c1-3-11-14-15(17-14)12-9-7-5-4-6-8-10-13-16-2;1-6-2-3-7(4-8)5-9-6/h14-15H,3-13H2,1-2H3;4,6-7H,2-3,5H2,1H3. The molecule has 0 radical (unpaired) electrons. The van der Waals surface area contributed by atoms with Crippen LogP contribution in [0.25, 0.3) is 0 Å². The lowest BCUT2D eigenvalue weighted by molar-refractivity contribution is -0.116. The molecule has 2 fully saturated rings. The number of ether oxygens (including phenoxy) is 3. The maximum absolute atomic E-state index is 10.2. The van der Waals surface area contributed by atoms with E-state index < -0.39 is 0 Å². The van der Waals surface area contributed by atoms with Gasteiger partial charge in [-0.05, 0) is 39.0 Å². The SMILES string of the molecule is CC1CCC(C=O)CO1.CCCC1OC1CCCCCCCCCOC. The first-order valence-corrected chi connectivity index (χ1v) is 10.9. The Balaban J connectivity index is 0.000000314. The molecule has 154 valence electrons.